The zero-order valence-electron chi connectivity index (χ0n) is 13.1. The van der Waals surface area contributed by atoms with E-state index in [1.165, 1.54) is 11.9 Å². The van der Waals surface area contributed by atoms with Crippen molar-refractivity contribution in [2.45, 2.75) is 32.4 Å². The summed E-state index contributed by atoms with van der Waals surface area (Å²) in [7, 11) is 0. The lowest BCUT2D eigenvalue weighted by Crippen LogP contribution is -2.45. The van der Waals surface area contributed by atoms with Crippen molar-refractivity contribution in [2.75, 3.05) is 19.6 Å². The van der Waals surface area contributed by atoms with Gasteiger partial charge < -0.3 is 9.73 Å². The molecular weight excluding hydrogens is 260 g/mol. The molecule has 0 aliphatic carbocycles. The SMILES string of the molecule is CC(c1cc2ccccc2o1)N1CC2CNCC2C1(C)C. The van der Waals surface area contributed by atoms with Crippen molar-refractivity contribution in [2.24, 2.45) is 11.8 Å². The molecule has 0 saturated carbocycles. The summed E-state index contributed by atoms with van der Waals surface area (Å²) in [5, 5.41) is 4.76. The summed E-state index contributed by atoms with van der Waals surface area (Å²) in [6, 6.07) is 10.8. The predicted octanol–water partition coefficient (Wildman–Crippen LogP) is 3.42. The number of para-hydroxylation sites is 1. The second-order valence-electron chi connectivity index (χ2n) is 7.19. The van der Waals surface area contributed by atoms with Gasteiger partial charge in [-0.15, -0.1) is 0 Å². The second kappa shape index (κ2) is 4.59. The Morgan fingerprint density at radius 1 is 1.29 bits per heavy atom. The van der Waals surface area contributed by atoms with Crippen LogP contribution in [0.1, 0.15) is 32.6 Å². The molecule has 2 fully saturated rings. The van der Waals surface area contributed by atoms with Gasteiger partial charge >= 0.3 is 0 Å². The topological polar surface area (TPSA) is 28.4 Å². The van der Waals surface area contributed by atoms with Crippen molar-refractivity contribution in [1.82, 2.24) is 10.2 Å². The van der Waals surface area contributed by atoms with Crippen LogP contribution in [0.5, 0.6) is 0 Å². The number of hydrogen-bond acceptors (Lipinski definition) is 3. The molecule has 3 atom stereocenters. The highest BCUT2D eigenvalue weighted by Crippen LogP contribution is 2.45. The minimum absolute atomic E-state index is 0.229. The number of hydrogen-bond donors (Lipinski definition) is 1. The number of nitrogens with zero attached hydrogens (tertiary/aromatic N) is 1. The van der Waals surface area contributed by atoms with Crippen LogP contribution < -0.4 is 5.32 Å². The second-order valence-corrected chi connectivity index (χ2v) is 7.19. The van der Waals surface area contributed by atoms with Crippen LogP contribution in [0.15, 0.2) is 34.7 Å². The van der Waals surface area contributed by atoms with Gasteiger partial charge in [0.2, 0.25) is 0 Å². The molecule has 4 rings (SSSR count). The van der Waals surface area contributed by atoms with Gasteiger partial charge in [-0.2, -0.15) is 0 Å². The van der Waals surface area contributed by atoms with Gasteiger partial charge in [0.1, 0.15) is 11.3 Å². The lowest BCUT2D eigenvalue weighted by Gasteiger charge is -2.39. The summed E-state index contributed by atoms with van der Waals surface area (Å²) in [5.74, 6) is 2.63. The molecule has 2 aromatic rings. The molecule has 1 N–H and O–H groups in total. The molecule has 3 unspecified atom stereocenters. The molecule has 2 saturated heterocycles. The summed E-state index contributed by atoms with van der Waals surface area (Å²) in [6.07, 6.45) is 0. The number of likely N-dealkylation sites (tertiary alicyclic amines) is 1. The molecule has 1 aromatic carbocycles. The average Bonchev–Trinajstić information content (AvgIpc) is 3.14. The molecule has 3 heteroatoms. The lowest BCUT2D eigenvalue weighted by atomic mass is 9.84. The molecule has 0 spiro atoms. The fraction of sp³-hybridized carbons (Fsp3) is 0.556. The van der Waals surface area contributed by atoms with E-state index in [4.69, 9.17) is 4.42 Å². The molecule has 0 amide bonds. The van der Waals surface area contributed by atoms with E-state index >= 15 is 0 Å². The third-order valence-corrected chi connectivity index (χ3v) is 5.74. The maximum absolute atomic E-state index is 6.10. The monoisotopic (exact) mass is 284 g/mol. The lowest BCUT2D eigenvalue weighted by molar-refractivity contribution is 0.0867. The zero-order valence-corrected chi connectivity index (χ0v) is 13.1. The van der Waals surface area contributed by atoms with E-state index in [-0.39, 0.29) is 5.54 Å². The van der Waals surface area contributed by atoms with E-state index < -0.39 is 0 Å². The Kier molecular flexibility index (Phi) is 2.92. The van der Waals surface area contributed by atoms with Crippen LogP contribution in [-0.2, 0) is 0 Å². The summed E-state index contributed by atoms with van der Waals surface area (Å²) in [4.78, 5) is 2.64. The van der Waals surface area contributed by atoms with E-state index in [1.54, 1.807) is 0 Å². The molecule has 0 bridgehead atoms. The predicted molar refractivity (Wildman–Crippen MR) is 85.3 cm³/mol. The van der Waals surface area contributed by atoms with Gasteiger partial charge in [-0.05, 0) is 51.3 Å². The average molecular weight is 284 g/mol. The van der Waals surface area contributed by atoms with Crippen molar-refractivity contribution in [1.29, 1.82) is 0 Å². The van der Waals surface area contributed by atoms with Crippen LogP contribution in [0.2, 0.25) is 0 Å². The normalized spacial score (nSPS) is 29.9. The van der Waals surface area contributed by atoms with E-state index in [2.05, 4.69) is 55.3 Å². The zero-order chi connectivity index (χ0) is 14.6. The third kappa shape index (κ3) is 1.95. The van der Waals surface area contributed by atoms with E-state index in [0.717, 1.165) is 36.3 Å². The maximum atomic E-state index is 6.10. The standard InChI is InChI=1S/C18H24N2O/c1-12(17-8-13-6-4-5-7-16(13)21-17)20-11-14-9-19-10-15(14)18(20,2)3/h4-8,12,14-15,19H,9-11H2,1-3H3. The Morgan fingerprint density at radius 3 is 2.86 bits per heavy atom. The number of benzene rings is 1. The smallest absolute Gasteiger partial charge is 0.134 e. The van der Waals surface area contributed by atoms with E-state index in [9.17, 15) is 0 Å². The molecule has 2 aliphatic heterocycles. The molecule has 112 valence electrons. The molecule has 3 nitrogen and oxygen atoms in total. The quantitative estimate of drug-likeness (QED) is 0.916. The van der Waals surface area contributed by atoms with Gasteiger partial charge in [-0.3, -0.25) is 4.90 Å². The maximum Gasteiger partial charge on any atom is 0.134 e. The van der Waals surface area contributed by atoms with Gasteiger partial charge in [0.15, 0.2) is 0 Å². The summed E-state index contributed by atoms with van der Waals surface area (Å²) in [5.41, 5.74) is 1.23. The van der Waals surface area contributed by atoms with Crippen LogP contribution in [0.3, 0.4) is 0 Å². The van der Waals surface area contributed by atoms with Crippen LogP contribution in [-0.4, -0.2) is 30.1 Å². The summed E-state index contributed by atoms with van der Waals surface area (Å²) >= 11 is 0. The van der Waals surface area contributed by atoms with E-state index in [1.807, 2.05) is 6.07 Å². The van der Waals surface area contributed by atoms with Gasteiger partial charge in [0.25, 0.3) is 0 Å². The first-order valence-corrected chi connectivity index (χ1v) is 8.03. The van der Waals surface area contributed by atoms with Crippen molar-refractivity contribution in [3.8, 4) is 0 Å². The Labute approximate surface area is 126 Å². The van der Waals surface area contributed by atoms with Crippen LogP contribution in [0, 0.1) is 11.8 Å². The highest BCUT2D eigenvalue weighted by molar-refractivity contribution is 5.77. The van der Waals surface area contributed by atoms with Crippen molar-refractivity contribution >= 4 is 11.0 Å². The molecule has 3 heterocycles. The minimum Gasteiger partial charge on any atom is -0.459 e. The fourth-order valence-corrected chi connectivity index (χ4v) is 4.47. The number of fused-ring (bicyclic) bond motifs is 2. The minimum atomic E-state index is 0.229. The Bertz CT molecular complexity index is 627. The summed E-state index contributed by atoms with van der Waals surface area (Å²) < 4.78 is 6.10. The summed E-state index contributed by atoms with van der Waals surface area (Å²) in [6.45, 7) is 10.6. The fourth-order valence-electron chi connectivity index (χ4n) is 4.47. The first-order chi connectivity index (χ1) is 10.1. The first kappa shape index (κ1) is 13.4. The molecule has 0 radical (unpaired) electrons. The highest BCUT2D eigenvalue weighted by atomic mass is 16.3. The largest absolute Gasteiger partial charge is 0.459 e. The van der Waals surface area contributed by atoms with Crippen LogP contribution >= 0.6 is 0 Å². The highest BCUT2D eigenvalue weighted by Gasteiger charge is 2.51. The van der Waals surface area contributed by atoms with E-state index in [0.29, 0.717) is 6.04 Å². The van der Waals surface area contributed by atoms with Crippen molar-refractivity contribution in [3.05, 3.63) is 36.1 Å². The van der Waals surface area contributed by atoms with Crippen molar-refractivity contribution in [3.63, 3.8) is 0 Å². The molecule has 2 aliphatic rings. The van der Waals surface area contributed by atoms with Crippen LogP contribution in [0.4, 0.5) is 0 Å². The van der Waals surface area contributed by atoms with Gasteiger partial charge in [0.05, 0.1) is 6.04 Å². The Morgan fingerprint density at radius 2 is 2.10 bits per heavy atom. The van der Waals surface area contributed by atoms with Gasteiger partial charge in [-0.25, -0.2) is 0 Å². The Balaban J connectivity index is 1.66. The van der Waals surface area contributed by atoms with Gasteiger partial charge in [-0.1, -0.05) is 18.2 Å². The van der Waals surface area contributed by atoms with Crippen LogP contribution in [0.25, 0.3) is 11.0 Å². The number of rotatable bonds is 2. The first-order valence-electron chi connectivity index (χ1n) is 8.03. The number of furan rings is 1. The van der Waals surface area contributed by atoms with Crippen molar-refractivity contribution < 1.29 is 4.42 Å². The molecular formula is C18H24N2O. The third-order valence-electron chi connectivity index (χ3n) is 5.74. The number of nitrogens with one attached hydrogen (secondary N) is 1. The molecule has 21 heavy (non-hydrogen) atoms. The van der Waals surface area contributed by atoms with Gasteiger partial charge in [0, 0.05) is 24.0 Å². The molecule has 1 aromatic heterocycles. The Hall–Kier alpha value is -1.32.